The molecule has 0 aromatic heterocycles. The number of ether oxygens (including phenoxy) is 2. The third-order valence-electron chi connectivity index (χ3n) is 4.74. The Morgan fingerprint density at radius 3 is 2.25 bits per heavy atom. The third-order valence-corrected chi connectivity index (χ3v) is 4.74. The molecule has 0 heterocycles. The lowest BCUT2D eigenvalue weighted by atomic mass is 10.1. The summed E-state index contributed by atoms with van der Waals surface area (Å²) in [5.74, 6) is 2.09. The minimum atomic E-state index is 0. The van der Waals surface area contributed by atoms with Crippen LogP contribution < -0.4 is 20.1 Å². The number of rotatable bonds is 10. The van der Waals surface area contributed by atoms with Crippen LogP contribution in [-0.2, 0) is 6.54 Å². The maximum atomic E-state index is 12.4. The lowest BCUT2D eigenvalue weighted by Gasteiger charge is -2.18. The topological polar surface area (TPSA) is 75.2 Å². The fourth-order valence-corrected chi connectivity index (χ4v) is 3.08. The number of methoxy groups -OCH3 is 1. The van der Waals surface area contributed by atoms with Gasteiger partial charge in [-0.1, -0.05) is 12.1 Å². The first-order valence-corrected chi connectivity index (χ1v) is 10.8. The van der Waals surface area contributed by atoms with Crippen LogP contribution in [0, 0.1) is 0 Å². The van der Waals surface area contributed by atoms with E-state index in [9.17, 15) is 4.79 Å². The number of anilines is 1. The van der Waals surface area contributed by atoms with E-state index < -0.39 is 0 Å². The normalized spacial score (nSPS) is 10.7. The highest BCUT2D eigenvalue weighted by Gasteiger charge is 2.12. The second-order valence-electron chi connectivity index (χ2n) is 6.79. The van der Waals surface area contributed by atoms with Gasteiger partial charge in [-0.05, 0) is 57.5 Å². The first kappa shape index (κ1) is 27.5. The third kappa shape index (κ3) is 7.89. The molecule has 7 nitrogen and oxygen atoms in total. The van der Waals surface area contributed by atoms with Gasteiger partial charge in [-0.3, -0.25) is 4.79 Å². The Kier molecular flexibility index (Phi) is 12.5. The monoisotopic (exact) mass is 554 g/mol. The van der Waals surface area contributed by atoms with Gasteiger partial charge in [0.25, 0.3) is 5.91 Å². The highest BCUT2D eigenvalue weighted by Crippen LogP contribution is 2.30. The van der Waals surface area contributed by atoms with E-state index in [0.29, 0.717) is 49.3 Å². The average Bonchev–Trinajstić information content (AvgIpc) is 2.79. The van der Waals surface area contributed by atoms with Crippen LogP contribution in [0.25, 0.3) is 0 Å². The molecule has 2 aromatic rings. The van der Waals surface area contributed by atoms with Crippen LogP contribution in [0.4, 0.5) is 5.69 Å². The van der Waals surface area contributed by atoms with Crippen LogP contribution in [0.1, 0.15) is 43.6 Å². The van der Waals surface area contributed by atoms with Gasteiger partial charge in [-0.25, -0.2) is 4.99 Å². The molecule has 0 radical (unpaired) electrons. The molecule has 0 saturated carbocycles. The second-order valence-corrected chi connectivity index (χ2v) is 6.79. The number of carbonyl (C=O) groups excluding carboxylic acids is 1. The number of nitrogens with zero attached hydrogens (tertiary/aromatic N) is 2. The number of hydrogen-bond donors (Lipinski definition) is 2. The largest absolute Gasteiger partial charge is 0.493 e. The van der Waals surface area contributed by atoms with Crippen LogP contribution in [-0.4, -0.2) is 50.1 Å². The molecular formula is C24H35IN4O3. The molecule has 8 heteroatoms. The van der Waals surface area contributed by atoms with Crippen LogP contribution in [0.15, 0.2) is 47.5 Å². The van der Waals surface area contributed by atoms with Crippen molar-refractivity contribution in [2.45, 2.75) is 34.2 Å². The van der Waals surface area contributed by atoms with Gasteiger partial charge < -0.3 is 25.0 Å². The van der Waals surface area contributed by atoms with E-state index in [1.165, 1.54) is 0 Å². The Bertz CT molecular complexity index is 868. The van der Waals surface area contributed by atoms with Crippen molar-refractivity contribution < 1.29 is 14.3 Å². The van der Waals surface area contributed by atoms with Crippen LogP contribution in [0.5, 0.6) is 11.5 Å². The van der Waals surface area contributed by atoms with E-state index in [1.807, 2.05) is 75.1 Å². The number of nitrogens with one attached hydrogen (secondary N) is 2. The van der Waals surface area contributed by atoms with Crippen molar-refractivity contribution in [3.05, 3.63) is 53.6 Å². The van der Waals surface area contributed by atoms with Crippen molar-refractivity contribution in [2.75, 3.05) is 38.7 Å². The van der Waals surface area contributed by atoms with Crippen molar-refractivity contribution >= 4 is 41.5 Å². The Labute approximate surface area is 208 Å². The molecule has 2 aromatic carbocycles. The average molecular weight is 554 g/mol. The summed E-state index contributed by atoms with van der Waals surface area (Å²) in [6, 6.07) is 13.3. The van der Waals surface area contributed by atoms with E-state index in [-0.39, 0.29) is 29.9 Å². The second kappa shape index (κ2) is 14.5. The highest BCUT2D eigenvalue weighted by atomic mass is 127. The fraction of sp³-hybridized carbons (Fsp3) is 0.417. The van der Waals surface area contributed by atoms with Crippen molar-refractivity contribution in [3.8, 4) is 11.5 Å². The quantitative estimate of drug-likeness (QED) is 0.252. The molecule has 2 rings (SSSR count). The number of benzene rings is 2. The van der Waals surface area contributed by atoms with Crippen LogP contribution >= 0.6 is 24.0 Å². The summed E-state index contributed by atoms with van der Waals surface area (Å²) >= 11 is 0. The van der Waals surface area contributed by atoms with E-state index in [2.05, 4.69) is 15.6 Å². The first-order valence-electron chi connectivity index (χ1n) is 10.8. The van der Waals surface area contributed by atoms with Crippen LogP contribution in [0.3, 0.4) is 0 Å². The SMILES string of the molecule is CCNC(=NCc1ccc(C(=O)N(CC)CC)cc1)Nc1ccc(OCC)c(OC)c1.I. The minimum absolute atomic E-state index is 0. The Hall–Kier alpha value is -2.49. The Morgan fingerprint density at radius 2 is 1.69 bits per heavy atom. The molecule has 176 valence electrons. The molecule has 0 aliphatic rings. The van der Waals surface area contributed by atoms with E-state index in [4.69, 9.17) is 9.47 Å². The molecule has 2 N–H and O–H groups in total. The minimum Gasteiger partial charge on any atom is -0.493 e. The summed E-state index contributed by atoms with van der Waals surface area (Å²) in [7, 11) is 1.62. The number of carbonyl (C=O) groups is 1. The summed E-state index contributed by atoms with van der Waals surface area (Å²) in [5.41, 5.74) is 2.57. The van der Waals surface area contributed by atoms with E-state index >= 15 is 0 Å². The maximum Gasteiger partial charge on any atom is 0.253 e. The smallest absolute Gasteiger partial charge is 0.253 e. The molecule has 0 atom stereocenters. The molecular weight excluding hydrogens is 519 g/mol. The molecule has 0 unspecified atom stereocenters. The summed E-state index contributed by atoms with van der Waals surface area (Å²) < 4.78 is 11.0. The number of amides is 1. The molecule has 32 heavy (non-hydrogen) atoms. The molecule has 0 aliphatic carbocycles. The Balaban J connectivity index is 0.00000512. The van der Waals surface area contributed by atoms with Crippen molar-refractivity contribution in [2.24, 2.45) is 4.99 Å². The molecule has 0 bridgehead atoms. The first-order chi connectivity index (χ1) is 15.1. The van der Waals surface area contributed by atoms with Gasteiger partial charge >= 0.3 is 0 Å². The predicted octanol–water partition coefficient (Wildman–Crippen LogP) is 4.77. The molecule has 0 spiro atoms. The zero-order valence-corrected chi connectivity index (χ0v) is 21.9. The fourth-order valence-electron chi connectivity index (χ4n) is 3.08. The van der Waals surface area contributed by atoms with Gasteiger partial charge in [0.15, 0.2) is 17.5 Å². The number of hydrogen-bond acceptors (Lipinski definition) is 4. The van der Waals surface area contributed by atoms with E-state index in [0.717, 1.165) is 17.8 Å². The van der Waals surface area contributed by atoms with Gasteiger partial charge in [-0.2, -0.15) is 0 Å². The van der Waals surface area contributed by atoms with Gasteiger partial charge in [0.05, 0.1) is 20.3 Å². The number of guanidine groups is 1. The van der Waals surface area contributed by atoms with Crippen molar-refractivity contribution in [1.29, 1.82) is 0 Å². The predicted molar refractivity (Wildman–Crippen MR) is 142 cm³/mol. The van der Waals surface area contributed by atoms with Gasteiger partial charge in [0, 0.05) is 37.0 Å². The molecule has 1 amide bonds. The summed E-state index contributed by atoms with van der Waals surface area (Å²) in [5, 5.41) is 6.54. The highest BCUT2D eigenvalue weighted by molar-refractivity contribution is 14.0. The summed E-state index contributed by atoms with van der Waals surface area (Å²) in [6.45, 7) is 11.1. The Morgan fingerprint density at radius 1 is 1.00 bits per heavy atom. The zero-order valence-electron chi connectivity index (χ0n) is 19.6. The number of aliphatic imine (C=N–C) groups is 1. The summed E-state index contributed by atoms with van der Waals surface area (Å²) in [6.07, 6.45) is 0. The van der Waals surface area contributed by atoms with Crippen LogP contribution in [0.2, 0.25) is 0 Å². The maximum absolute atomic E-state index is 12.4. The standard InChI is InChI=1S/C24H34N4O3.HI/c1-6-25-24(27-20-14-15-21(31-9-4)22(16-20)30-5)26-17-18-10-12-19(13-11-18)23(29)28(7-2)8-3;/h10-16H,6-9,17H2,1-5H3,(H2,25,26,27);1H. The summed E-state index contributed by atoms with van der Waals surface area (Å²) in [4.78, 5) is 18.9. The van der Waals surface area contributed by atoms with Gasteiger partial charge in [0.2, 0.25) is 0 Å². The lowest BCUT2D eigenvalue weighted by Crippen LogP contribution is -2.30. The molecule has 0 fully saturated rings. The van der Waals surface area contributed by atoms with Gasteiger partial charge in [0.1, 0.15) is 0 Å². The molecule has 0 saturated heterocycles. The van der Waals surface area contributed by atoms with E-state index in [1.54, 1.807) is 7.11 Å². The number of halogens is 1. The molecule has 0 aliphatic heterocycles. The van der Waals surface area contributed by atoms with Crippen molar-refractivity contribution in [1.82, 2.24) is 10.2 Å². The zero-order chi connectivity index (χ0) is 22.6. The van der Waals surface area contributed by atoms with Crippen molar-refractivity contribution in [3.63, 3.8) is 0 Å². The lowest BCUT2D eigenvalue weighted by molar-refractivity contribution is 0.0773. The van der Waals surface area contributed by atoms with Gasteiger partial charge in [-0.15, -0.1) is 24.0 Å².